The minimum Gasteiger partial charge on any atom is -0.383 e. The molecule has 0 fully saturated rings. The Labute approximate surface area is 146 Å². The van der Waals surface area contributed by atoms with E-state index in [9.17, 15) is 4.79 Å². The Balaban J connectivity index is 1.74. The van der Waals surface area contributed by atoms with Crippen molar-refractivity contribution in [1.29, 1.82) is 0 Å². The lowest BCUT2D eigenvalue weighted by Gasteiger charge is -2.14. The highest BCUT2D eigenvalue weighted by atomic mass is 16.5. The zero-order valence-corrected chi connectivity index (χ0v) is 14.5. The Bertz CT molecular complexity index is 854. The first-order chi connectivity index (χ1) is 12.2. The molecule has 0 bridgehead atoms. The first-order valence-electron chi connectivity index (χ1n) is 8.37. The zero-order chi connectivity index (χ0) is 17.6. The topological polar surface area (TPSA) is 69.0 Å². The van der Waals surface area contributed by atoms with Gasteiger partial charge in [0.2, 0.25) is 0 Å². The first-order valence-corrected chi connectivity index (χ1v) is 8.37. The number of nitrogens with one attached hydrogen (secondary N) is 1. The lowest BCUT2D eigenvalue weighted by atomic mass is 10.0. The van der Waals surface area contributed by atoms with Crippen LogP contribution in [0.1, 0.15) is 29.4 Å². The SMILES string of the molecule is CCC(COC)NC(=O)c1cn(Cc2cccc3ccccc23)nn1. The summed E-state index contributed by atoms with van der Waals surface area (Å²) in [7, 11) is 1.62. The Hall–Kier alpha value is -2.73. The molecule has 0 aliphatic heterocycles. The monoisotopic (exact) mass is 338 g/mol. The van der Waals surface area contributed by atoms with E-state index in [2.05, 4.69) is 39.9 Å². The molecule has 1 unspecified atom stereocenters. The van der Waals surface area contributed by atoms with Gasteiger partial charge >= 0.3 is 0 Å². The maximum absolute atomic E-state index is 12.3. The van der Waals surface area contributed by atoms with Gasteiger partial charge in [0.1, 0.15) is 0 Å². The van der Waals surface area contributed by atoms with E-state index in [1.165, 1.54) is 10.8 Å². The highest BCUT2D eigenvalue weighted by molar-refractivity contribution is 5.92. The molecule has 0 saturated heterocycles. The fourth-order valence-electron chi connectivity index (χ4n) is 2.81. The molecule has 0 radical (unpaired) electrons. The quantitative estimate of drug-likeness (QED) is 0.719. The minimum atomic E-state index is -0.229. The number of benzene rings is 2. The van der Waals surface area contributed by atoms with Crippen LogP contribution in [-0.4, -0.2) is 40.7 Å². The van der Waals surface area contributed by atoms with Gasteiger partial charge in [-0.05, 0) is 22.8 Å². The standard InChI is InChI=1S/C19H22N4O2/c1-3-16(13-25-2)20-19(24)18-12-23(22-21-18)11-15-9-6-8-14-7-4-5-10-17(14)15/h4-10,12,16H,3,11,13H2,1-2H3,(H,20,24). The van der Waals surface area contributed by atoms with Gasteiger partial charge < -0.3 is 10.1 Å². The molecule has 1 atom stereocenters. The van der Waals surface area contributed by atoms with Crippen LogP contribution in [0.25, 0.3) is 10.8 Å². The molecule has 3 aromatic rings. The summed E-state index contributed by atoms with van der Waals surface area (Å²) in [5.41, 5.74) is 1.45. The normalized spacial score (nSPS) is 12.2. The molecule has 1 N–H and O–H groups in total. The summed E-state index contributed by atoms with van der Waals surface area (Å²) in [6, 6.07) is 14.4. The molecule has 0 aliphatic rings. The first kappa shape index (κ1) is 17.1. The number of hydrogen-bond acceptors (Lipinski definition) is 4. The second kappa shape index (κ2) is 7.90. The van der Waals surface area contributed by atoms with E-state index in [1.807, 2.05) is 25.1 Å². The van der Waals surface area contributed by atoms with Gasteiger partial charge in [-0.1, -0.05) is 54.6 Å². The van der Waals surface area contributed by atoms with Gasteiger partial charge in [-0.2, -0.15) is 0 Å². The molecule has 1 heterocycles. The predicted octanol–water partition coefficient (Wildman–Crippen LogP) is 2.63. The Morgan fingerprint density at radius 2 is 2.04 bits per heavy atom. The van der Waals surface area contributed by atoms with Crippen LogP contribution >= 0.6 is 0 Å². The van der Waals surface area contributed by atoms with Crippen LogP contribution in [0.5, 0.6) is 0 Å². The fraction of sp³-hybridized carbons (Fsp3) is 0.316. The average molecular weight is 338 g/mol. The number of carbonyl (C=O) groups excluding carboxylic acids is 1. The van der Waals surface area contributed by atoms with Crippen molar-refractivity contribution in [2.75, 3.05) is 13.7 Å². The van der Waals surface area contributed by atoms with E-state index in [4.69, 9.17) is 4.74 Å². The number of nitrogens with zero attached hydrogens (tertiary/aromatic N) is 3. The molecular weight excluding hydrogens is 316 g/mol. The lowest BCUT2D eigenvalue weighted by Crippen LogP contribution is -2.37. The summed E-state index contributed by atoms with van der Waals surface area (Å²) in [6.45, 7) is 3.05. The number of ether oxygens (including phenoxy) is 1. The van der Waals surface area contributed by atoms with Gasteiger partial charge in [-0.25, -0.2) is 4.68 Å². The summed E-state index contributed by atoms with van der Waals surface area (Å²) in [5, 5.41) is 13.4. The molecular formula is C19H22N4O2. The number of methoxy groups -OCH3 is 1. The smallest absolute Gasteiger partial charge is 0.273 e. The third-order valence-electron chi connectivity index (χ3n) is 4.18. The predicted molar refractivity (Wildman–Crippen MR) is 96.5 cm³/mol. The molecule has 0 spiro atoms. The van der Waals surface area contributed by atoms with E-state index in [-0.39, 0.29) is 11.9 Å². The van der Waals surface area contributed by atoms with Crippen LogP contribution < -0.4 is 5.32 Å². The Kier molecular flexibility index (Phi) is 5.40. The van der Waals surface area contributed by atoms with Crippen LogP contribution in [0.3, 0.4) is 0 Å². The van der Waals surface area contributed by atoms with Gasteiger partial charge in [-0.3, -0.25) is 4.79 Å². The number of aromatic nitrogens is 3. The maximum atomic E-state index is 12.3. The van der Waals surface area contributed by atoms with Gasteiger partial charge in [0.25, 0.3) is 5.91 Å². The third kappa shape index (κ3) is 4.03. The average Bonchev–Trinajstić information content (AvgIpc) is 3.10. The summed E-state index contributed by atoms with van der Waals surface area (Å²) >= 11 is 0. The van der Waals surface area contributed by atoms with Crippen molar-refractivity contribution in [3.8, 4) is 0 Å². The van der Waals surface area contributed by atoms with Gasteiger partial charge in [0.15, 0.2) is 5.69 Å². The molecule has 2 aromatic carbocycles. The van der Waals surface area contributed by atoms with E-state index >= 15 is 0 Å². The molecule has 0 aliphatic carbocycles. The fourth-order valence-corrected chi connectivity index (χ4v) is 2.81. The van der Waals surface area contributed by atoms with Crippen LogP contribution in [0.15, 0.2) is 48.7 Å². The molecule has 6 nitrogen and oxygen atoms in total. The zero-order valence-electron chi connectivity index (χ0n) is 14.5. The number of carbonyl (C=O) groups is 1. The second-order valence-electron chi connectivity index (χ2n) is 5.97. The molecule has 0 saturated carbocycles. The second-order valence-corrected chi connectivity index (χ2v) is 5.97. The van der Waals surface area contributed by atoms with E-state index in [0.29, 0.717) is 18.8 Å². The van der Waals surface area contributed by atoms with Crippen molar-refractivity contribution in [3.63, 3.8) is 0 Å². The third-order valence-corrected chi connectivity index (χ3v) is 4.18. The molecule has 25 heavy (non-hydrogen) atoms. The number of fused-ring (bicyclic) bond motifs is 1. The summed E-state index contributed by atoms with van der Waals surface area (Å²) in [5.74, 6) is -0.229. The highest BCUT2D eigenvalue weighted by Crippen LogP contribution is 2.19. The molecule has 1 aromatic heterocycles. The van der Waals surface area contributed by atoms with Gasteiger partial charge in [-0.15, -0.1) is 5.10 Å². The van der Waals surface area contributed by atoms with E-state index < -0.39 is 0 Å². The van der Waals surface area contributed by atoms with Crippen LogP contribution in [0, 0.1) is 0 Å². The van der Waals surface area contributed by atoms with Crippen molar-refractivity contribution < 1.29 is 9.53 Å². The maximum Gasteiger partial charge on any atom is 0.273 e. The van der Waals surface area contributed by atoms with Gasteiger partial charge in [0.05, 0.1) is 25.4 Å². The largest absolute Gasteiger partial charge is 0.383 e. The van der Waals surface area contributed by atoms with Crippen molar-refractivity contribution in [2.24, 2.45) is 0 Å². The summed E-state index contributed by atoms with van der Waals surface area (Å²) < 4.78 is 6.79. The van der Waals surface area contributed by atoms with Crippen LogP contribution in [0.2, 0.25) is 0 Å². The van der Waals surface area contributed by atoms with Gasteiger partial charge in [0, 0.05) is 7.11 Å². The minimum absolute atomic E-state index is 0.0271. The molecule has 130 valence electrons. The Morgan fingerprint density at radius 1 is 1.24 bits per heavy atom. The summed E-state index contributed by atoms with van der Waals surface area (Å²) in [6.07, 6.45) is 2.47. The number of amides is 1. The van der Waals surface area contributed by atoms with E-state index in [0.717, 1.165) is 12.0 Å². The van der Waals surface area contributed by atoms with E-state index in [1.54, 1.807) is 18.0 Å². The van der Waals surface area contributed by atoms with Crippen molar-refractivity contribution in [1.82, 2.24) is 20.3 Å². The van der Waals surface area contributed by atoms with Crippen molar-refractivity contribution in [2.45, 2.75) is 25.9 Å². The lowest BCUT2D eigenvalue weighted by molar-refractivity contribution is 0.0889. The molecule has 1 amide bonds. The van der Waals surface area contributed by atoms with Crippen molar-refractivity contribution >= 4 is 16.7 Å². The van der Waals surface area contributed by atoms with Crippen LogP contribution in [-0.2, 0) is 11.3 Å². The van der Waals surface area contributed by atoms with Crippen molar-refractivity contribution in [3.05, 3.63) is 59.9 Å². The Morgan fingerprint density at radius 3 is 2.84 bits per heavy atom. The number of rotatable bonds is 7. The highest BCUT2D eigenvalue weighted by Gasteiger charge is 2.15. The molecule has 6 heteroatoms. The molecule has 3 rings (SSSR count). The van der Waals surface area contributed by atoms with Crippen LogP contribution in [0.4, 0.5) is 0 Å². The summed E-state index contributed by atoms with van der Waals surface area (Å²) in [4.78, 5) is 12.3. The number of hydrogen-bond donors (Lipinski definition) is 1.